The van der Waals surface area contributed by atoms with Gasteiger partial charge < -0.3 is 14.6 Å². The molecule has 0 aromatic rings. The highest BCUT2D eigenvalue weighted by atomic mass is 16.5. The normalized spacial score (nSPS) is 16.2. The molecule has 4 heteroatoms. The molecule has 0 heterocycles. The van der Waals surface area contributed by atoms with Gasteiger partial charge in [-0.05, 0) is 13.8 Å². The van der Waals surface area contributed by atoms with Crippen molar-refractivity contribution >= 4 is 0 Å². The van der Waals surface area contributed by atoms with E-state index in [9.17, 15) is 5.11 Å². The van der Waals surface area contributed by atoms with Gasteiger partial charge in [-0.15, -0.1) is 0 Å². The number of hydrogen-bond acceptors (Lipinski definition) is 4. The molecule has 0 saturated carbocycles. The van der Waals surface area contributed by atoms with Gasteiger partial charge in [0.2, 0.25) is 0 Å². The summed E-state index contributed by atoms with van der Waals surface area (Å²) in [6.07, 6.45) is -0.331. The quantitative estimate of drug-likeness (QED) is 0.668. The largest absolute Gasteiger partial charge is 0.393 e. The lowest BCUT2D eigenvalue weighted by Gasteiger charge is -2.37. The lowest BCUT2D eigenvalue weighted by atomic mass is 9.86. The van der Waals surface area contributed by atoms with Crippen molar-refractivity contribution in [2.75, 3.05) is 40.5 Å². The number of aliphatic hydroxyl groups excluding tert-OH is 1. The molecule has 104 valence electrons. The first-order chi connectivity index (χ1) is 7.85. The van der Waals surface area contributed by atoms with Gasteiger partial charge in [0.15, 0.2) is 0 Å². The Balaban J connectivity index is 4.46. The molecule has 0 aromatic heterocycles. The van der Waals surface area contributed by atoms with Crippen LogP contribution in [-0.4, -0.2) is 62.7 Å². The zero-order valence-electron chi connectivity index (χ0n) is 12.2. The molecule has 0 aromatic carbocycles. The zero-order valence-corrected chi connectivity index (χ0v) is 12.2. The minimum atomic E-state index is -0.331. The molecule has 0 bridgehead atoms. The molecule has 2 atom stereocenters. The van der Waals surface area contributed by atoms with E-state index in [0.29, 0.717) is 19.3 Å². The van der Waals surface area contributed by atoms with E-state index >= 15 is 0 Å². The van der Waals surface area contributed by atoms with Crippen LogP contribution < -0.4 is 0 Å². The number of ether oxygens (including phenoxy) is 2. The summed E-state index contributed by atoms with van der Waals surface area (Å²) in [6.45, 7) is 11.2. The second-order valence-electron chi connectivity index (χ2n) is 5.43. The minimum absolute atomic E-state index is 0.129. The fourth-order valence-electron chi connectivity index (χ4n) is 1.67. The van der Waals surface area contributed by atoms with Gasteiger partial charge >= 0.3 is 0 Å². The highest BCUT2D eigenvalue weighted by Gasteiger charge is 2.28. The van der Waals surface area contributed by atoms with Crippen LogP contribution in [0.4, 0.5) is 0 Å². The zero-order chi connectivity index (χ0) is 13.5. The van der Waals surface area contributed by atoms with E-state index in [2.05, 4.69) is 25.7 Å². The van der Waals surface area contributed by atoms with Gasteiger partial charge in [0, 0.05) is 38.8 Å². The first-order valence-corrected chi connectivity index (χ1v) is 6.25. The second kappa shape index (κ2) is 8.03. The Morgan fingerprint density at radius 2 is 1.76 bits per heavy atom. The number of nitrogens with zero attached hydrogens (tertiary/aromatic N) is 1. The van der Waals surface area contributed by atoms with Crippen molar-refractivity contribution in [3.05, 3.63) is 0 Å². The lowest BCUT2D eigenvalue weighted by molar-refractivity contribution is 0.00186. The SMILES string of the molecule is COCCN(CC(C)(C)C(C)O)C(C)COC. The molecule has 2 unspecified atom stereocenters. The molecule has 0 spiro atoms. The Kier molecular flexibility index (Phi) is 7.96. The minimum Gasteiger partial charge on any atom is -0.393 e. The number of rotatable bonds is 9. The molecule has 0 radical (unpaired) electrons. The third kappa shape index (κ3) is 6.36. The van der Waals surface area contributed by atoms with E-state index in [-0.39, 0.29) is 11.5 Å². The maximum absolute atomic E-state index is 9.78. The van der Waals surface area contributed by atoms with Crippen molar-refractivity contribution in [1.82, 2.24) is 4.90 Å². The third-order valence-corrected chi connectivity index (χ3v) is 3.36. The van der Waals surface area contributed by atoms with Gasteiger partial charge in [0.25, 0.3) is 0 Å². The molecule has 0 aliphatic heterocycles. The molecule has 0 fully saturated rings. The van der Waals surface area contributed by atoms with Crippen LogP contribution in [0.5, 0.6) is 0 Å². The number of methoxy groups -OCH3 is 2. The average molecular weight is 247 g/mol. The fourth-order valence-corrected chi connectivity index (χ4v) is 1.67. The maximum atomic E-state index is 9.78. The molecule has 0 amide bonds. The summed E-state index contributed by atoms with van der Waals surface area (Å²) >= 11 is 0. The van der Waals surface area contributed by atoms with Crippen molar-refractivity contribution < 1.29 is 14.6 Å². The third-order valence-electron chi connectivity index (χ3n) is 3.36. The molecule has 0 rings (SSSR count). The highest BCUT2D eigenvalue weighted by molar-refractivity contribution is 4.81. The predicted octanol–water partition coefficient (Wildman–Crippen LogP) is 1.38. The van der Waals surface area contributed by atoms with E-state index in [4.69, 9.17) is 9.47 Å². The van der Waals surface area contributed by atoms with Gasteiger partial charge in [-0.1, -0.05) is 13.8 Å². The van der Waals surface area contributed by atoms with E-state index in [1.165, 1.54) is 0 Å². The first-order valence-electron chi connectivity index (χ1n) is 6.25. The molecular weight excluding hydrogens is 218 g/mol. The fraction of sp³-hybridized carbons (Fsp3) is 1.00. The summed E-state index contributed by atoms with van der Waals surface area (Å²) in [4.78, 5) is 2.31. The summed E-state index contributed by atoms with van der Waals surface area (Å²) in [7, 11) is 3.42. The van der Waals surface area contributed by atoms with Gasteiger partial charge in [-0.3, -0.25) is 4.90 Å². The summed E-state index contributed by atoms with van der Waals surface area (Å²) < 4.78 is 10.3. The Labute approximate surface area is 106 Å². The van der Waals surface area contributed by atoms with Gasteiger partial charge in [0.05, 0.1) is 19.3 Å². The monoisotopic (exact) mass is 247 g/mol. The maximum Gasteiger partial charge on any atom is 0.0615 e. The van der Waals surface area contributed by atoms with Crippen LogP contribution >= 0.6 is 0 Å². The van der Waals surface area contributed by atoms with Crippen molar-refractivity contribution in [1.29, 1.82) is 0 Å². The smallest absolute Gasteiger partial charge is 0.0615 e. The van der Waals surface area contributed by atoms with Crippen molar-refractivity contribution in [2.24, 2.45) is 5.41 Å². The summed E-state index contributed by atoms with van der Waals surface area (Å²) in [6, 6.07) is 0.327. The van der Waals surface area contributed by atoms with Crippen molar-refractivity contribution in [2.45, 2.75) is 39.8 Å². The Morgan fingerprint density at radius 3 is 2.18 bits per heavy atom. The Hall–Kier alpha value is -0.160. The van der Waals surface area contributed by atoms with Gasteiger partial charge in [-0.2, -0.15) is 0 Å². The van der Waals surface area contributed by atoms with Crippen LogP contribution in [0.3, 0.4) is 0 Å². The Morgan fingerprint density at radius 1 is 1.18 bits per heavy atom. The molecule has 0 aliphatic rings. The van der Waals surface area contributed by atoms with Crippen molar-refractivity contribution in [3.63, 3.8) is 0 Å². The molecule has 0 aliphatic carbocycles. The standard InChI is InChI=1S/C13H29NO3/c1-11(9-17-6)14(7-8-16-5)10-13(3,4)12(2)15/h11-12,15H,7-10H2,1-6H3. The van der Waals surface area contributed by atoms with Crippen LogP contribution in [0.15, 0.2) is 0 Å². The summed E-state index contributed by atoms with van der Waals surface area (Å²) in [5.41, 5.74) is -0.129. The average Bonchev–Trinajstić information content (AvgIpc) is 2.24. The van der Waals surface area contributed by atoms with Crippen molar-refractivity contribution in [3.8, 4) is 0 Å². The van der Waals surface area contributed by atoms with Crippen LogP contribution in [0.1, 0.15) is 27.7 Å². The second-order valence-corrected chi connectivity index (χ2v) is 5.43. The van der Waals surface area contributed by atoms with Gasteiger partial charge in [-0.25, -0.2) is 0 Å². The van der Waals surface area contributed by atoms with Crippen LogP contribution in [0.2, 0.25) is 0 Å². The predicted molar refractivity (Wildman–Crippen MR) is 70.2 cm³/mol. The van der Waals surface area contributed by atoms with Crippen LogP contribution in [-0.2, 0) is 9.47 Å². The van der Waals surface area contributed by atoms with Gasteiger partial charge in [0.1, 0.15) is 0 Å². The number of aliphatic hydroxyl groups is 1. The highest BCUT2D eigenvalue weighted by Crippen LogP contribution is 2.23. The topological polar surface area (TPSA) is 41.9 Å². The summed E-state index contributed by atoms with van der Waals surface area (Å²) in [5, 5.41) is 9.78. The molecule has 1 N–H and O–H groups in total. The summed E-state index contributed by atoms with van der Waals surface area (Å²) in [5.74, 6) is 0. The van der Waals surface area contributed by atoms with E-state index in [1.54, 1.807) is 14.2 Å². The molecule has 0 saturated heterocycles. The molecular formula is C13H29NO3. The Bertz CT molecular complexity index is 195. The van der Waals surface area contributed by atoms with E-state index in [1.807, 2.05) is 6.92 Å². The first kappa shape index (κ1) is 16.8. The molecule has 17 heavy (non-hydrogen) atoms. The van der Waals surface area contributed by atoms with Crippen LogP contribution in [0.25, 0.3) is 0 Å². The lowest BCUT2D eigenvalue weighted by Crippen LogP contribution is -2.47. The van der Waals surface area contributed by atoms with Crippen LogP contribution in [0, 0.1) is 5.41 Å². The number of hydrogen-bond donors (Lipinski definition) is 1. The van der Waals surface area contributed by atoms with E-state index in [0.717, 1.165) is 13.1 Å². The van der Waals surface area contributed by atoms with E-state index < -0.39 is 0 Å². The molecule has 4 nitrogen and oxygen atoms in total.